The van der Waals surface area contributed by atoms with E-state index in [0.717, 1.165) is 5.69 Å². The van der Waals surface area contributed by atoms with Gasteiger partial charge in [0, 0.05) is 24.9 Å². The summed E-state index contributed by atoms with van der Waals surface area (Å²) in [6, 6.07) is 2.94. The van der Waals surface area contributed by atoms with Crippen LogP contribution in [-0.4, -0.2) is 38.9 Å². The van der Waals surface area contributed by atoms with Crippen LogP contribution >= 0.6 is 0 Å². The van der Waals surface area contributed by atoms with Gasteiger partial charge < -0.3 is 10.1 Å². The number of aromatic amines is 1. The quantitative estimate of drug-likeness (QED) is 0.868. The summed E-state index contributed by atoms with van der Waals surface area (Å²) >= 11 is 0. The summed E-state index contributed by atoms with van der Waals surface area (Å²) in [6.07, 6.45) is -2.60. The smallest absolute Gasteiger partial charge is 0.275 e. The highest BCUT2D eigenvalue weighted by Crippen LogP contribution is 2.14. The minimum atomic E-state index is -2.60. The number of H-pyrrole nitrogens is 1. The lowest BCUT2D eigenvalue weighted by molar-refractivity contribution is 0.0792. The van der Waals surface area contributed by atoms with E-state index in [1.807, 2.05) is 0 Å². The molecule has 0 aliphatic heterocycles. The van der Waals surface area contributed by atoms with Crippen molar-refractivity contribution < 1.29 is 18.3 Å². The van der Waals surface area contributed by atoms with Crippen LogP contribution in [0.2, 0.25) is 0 Å². The Morgan fingerprint density at radius 1 is 1.55 bits per heavy atom. The van der Waals surface area contributed by atoms with Gasteiger partial charge in [-0.25, -0.2) is 8.78 Å². The lowest BCUT2D eigenvalue weighted by Crippen LogP contribution is -2.16. The van der Waals surface area contributed by atoms with Crippen LogP contribution in [0.1, 0.15) is 16.2 Å². The van der Waals surface area contributed by atoms with Gasteiger partial charge in [-0.1, -0.05) is 0 Å². The molecular formula is C11H13F2N5O2. The molecule has 0 saturated heterocycles. The third kappa shape index (κ3) is 3.31. The molecule has 2 aromatic heterocycles. The Bertz CT molecular complexity index is 608. The van der Waals surface area contributed by atoms with Gasteiger partial charge in [0.1, 0.15) is 5.69 Å². The summed E-state index contributed by atoms with van der Waals surface area (Å²) in [5, 5.41) is 12.9. The van der Waals surface area contributed by atoms with Gasteiger partial charge in [0.15, 0.2) is 12.4 Å². The van der Waals surface area contributed by atoms with E-state index >= 15 is 0 Å². The zero-order chi connectivity index (χ0) is 14.7. The Hall–Kier alpha value is -2.45. The van der Waals surface area contributed by atoms with Gasteiger partial charge >= 0.3 is 0 Å². The Morgan fingerprint density at radius 3 is 2.90 bits per heavy atom. The molecule has 2 heterocycles. The van der Waals surface area contributed by atoms with Gasteiger partial charge in [0.05, 0.1) is 0 Å². The Balaban J connectivity index is 2.06. The van der Waals surface area contributed by atoms with Gasteiger partial charge in [0.25, 0.3) is 12.3 Å². The molecule has 0 atom stereocenters. The van der Waals surface area contributed by atoms with Gasteiger partial charge in [-0.3, -0.25) is 14.6 Å². The molecule has 0 radical (unpaired) electrons. The standard InChI is InChI=1S/C11H13F2N5O2/c1-6-3-9(16-15-6)14-11(19)7-4-10(17-18(7)2)20-5-8(12)13/h3-4,8H,5H2,1-2H3,(H2,14,15,16,19). The third-order valence-corrected chi connectivity index (χ3v) is 2.39. The van der Waals surface area contributed by atoms with E-state index in [4.69, 9.17) is 4.74 Å². The number of halogens is 2. The van der Waals surface area contributed by atoms with Gasteiger partial charge in [-0.2, -0.15) is 5.10 Å². The maximum Gasteiger partial charge on any atom is 0.275 e. The van der Waals surface area contributed by atoms with E-state index in [2.05, 4.69) is 20.6 Å². The van der Waals surface area contributed by atoms with Crippen molar-refractivity contribution in [3.63, 3.8) is 0 Å². The highest BCUT2D eigenvalue weighted by molar-refractivity contribution is 6.02. The minimum absolute atomic E-state index is 0.0313. The molecule has 108 valence electrons. The van der Waals surface area contributed by atoms with E-state index in [1.54, 1.807) is 13.0 Å². The average Bonchev–Trinajstić information content (AvgIpc) is 2.93. The predicted octanol–water partition coefficient (Wildman–Crippen LogP) is 1.35. The zero-order valence-electron chi connectivity index (χ0n) is 10.9. The van der Waals surface area contributed by atoms with Crippen LogP contribution in [0.3, 0.4) is 0 Å². The van der Waals surface area contributed by atoms with Crippen molar-refractivity contribution in [1.29, 1.82) is 0 Å². The first-order valence-corrected chi connectivity index (χ1v) is 5.74. The fourth-order valence-corrected chi connectivity index (χ4v) is 1.53. The fraction of sp³-hybridized carbons (Fsp3) is 0.364. The van der Waals surface area contributed by atoms with Crippen molar-refractivity contribution in [3.05, 3.63) is 23.5 Å². The maximum absolute atomic E-state index is 12.0. The molecule has 0 unspecified atom stereocenters. The number of carbonyl (C=O) groups excluding carboxylic acids is 1. The molecule has 7 nitrogen and oxygen atoms in total. The summed E-state index contributed by atoms with van der Waals surface area (Å²) in [5.74, 6) is -0.127. The number of hydrogen-bond donors (Lipinski definition) is 2. The third-order valence-electron chi connectivity index (χ3n) is 2.39. The normalized spacial score (nSPS) is 10.8. The topological polar surface area (TPSA) is 84.8 Å². The van der Waals surface area contributed by atoms with E-state index in [-0.39, 0.29) is 11.6 Å². The number of ether oxygens (including phenoxy) is 1. The molecule has 2 aromatic rings. The molecule has 1 amide bonds. The molecule has 0 aliphatic carbocycles. The van der Waals surface area contributed by atoms with Crippen LogP contribution in [0, 0.1) is 6.92 Å². The lowest BCUT2D eigenvalue weighted by atomic mass is 10.4. The van der Waals surface area contributed by atoms with Crippen molar-refractivity contribution >= 4 is 11.7 Å². The number of hydrogen-bond acceptors (Lipinski definition) is 4. The van der Waals surface area contributed by atoms with Crippen molar-refractivity contribution in [3.8, 4) is 5.88 Å². The highest BCUT2D eigenvalue weighted by Gasteiger charge is 2.16. The Labute approximate surface area is 112 Å². The van der Waals surface area contributed by atoms with E-state index < -0.39 is 18.9 Å². The number of rotatable bonds is 5. The van der Waals surface area contributed by atoms with Crippen LogP contribution in [0.4, 0.5) is 14.6 Å². The largest absolute Gasteiger partial charge is 0.471 e. The van der Waals surface area contributed by atoms with Crippen molar-refractivity contribution in [2.24, 2.45) is 7.05 Å². The Morgan fingerprint density at radius 2 is 2.30 bits per heavy atom. The van der Waals surface area contributed by atoms with Crippen molar-refractivity contribution in [2.75, 3.05) is 11.9 Å². The van der Waals surface area contributed by atoms with Crippen molar-refractivity contribution in [2.45, 2.75) is 13.3 Å². The SMILES string of the molecule is Cc1cc(NC(=O)c2cc(OCC(F)F)nn2C)n[nH]1. The van der Waals surface area contributed by atoms with E-state index in [1.165, 1.54) is 17.8 Å². The van der Waals surface area contributed by atoms with E-state index in [9.17, 15) is 13.6 Å². The summed E-state index contributed by atoms with van der Waals surface area (Å²) in [4.78, 5) is 12.0. The molecule has 20 heavy (non-hydrogen) atoms. The number of nitrogens with zero attached hydrogens (tertiary/aromatic N) is 3. The van der Waals surface area contributed by atoms with Crippen LogP contribution in [0.15, 0.2) is 12.1 Å². The average molecular weight is 285 g/mol. The maximum atomic E-state index is 12.0. The molecule has 0 bridgehead atoms. The monoisotopic (exact) mass is 285 g/mol. The summed E-state index contributed by atoms with van der Waals surface area (Å²) < 4.78 is 30.0. The first-order valence-electron chi connectivity index (χ1n) is 5.74. The van der Waals surface area contributed by atoms with Crippen molar-refractivity contribution in [1.82, 2.24) is 20.0 Å². The van der Waals surface area contributed by atoms with Gasteiger partial charge in [-0.15, -0.1) is 5.10 Å². The van der Waals surface area contributed by atoms with Gasteiger partial charge in [0.2, 0.25) is 5.88 Å². The van der Waals surface area contributed by atoms with Crippen LogP contribution < -0.4 is 10.1 Å². The van der Waals surface area contributed by atoms with E-state index in [0.29, 0.717) is 5.82 Å². The minimum Gasteiger partial charge on any atom is -0.471 e. The van der Waals surface area contributed by atoms with Crippen LogP contribution in [0.5, 0.6) is 5.88 Å². The molecule has 0 aromatic carbocycles. The van der Waals surface area contributed by atoms with Crippen LogP contribution in [0.25, 0.3) is 0 Å². The second kappa shape index (κ2) is 5.68. The molecule has 0 aliphatic rings. The lowest BCUT2D eigenvalue weighted by Gasteiger charge is -2.00. The Kier molecular flexibility index (Phi) is 3.97. The molecule has 9 heteroatoms. The molecular weight excluding hydrogens is 272 g/mol. The van der Waals surface area contributed by atoms with Gasteiger partial charge in [-0.05, 0) is 6.92 Å². The molecule has 0 fully saturated rings. The summed E-state index contributed by atoms with van der Waals surface area (Å²) in [6.45, 7) is 1.03. The molecule has 0 spiro atoms. The predicted molar refractivity (Wildman–Crippen MR) is 66.0 cm³/mol. The number of anilines is 1. The highest BCUT2D eigenvalue weighted by atomic mass is 19.3. The summed E-state index contributed by atoms with van der Waals surface area (Å²) in [7, 11) is 1.51. The second-order valence-electron chi connectivity index (χ2n) is 4.08. The number of carbonyl (C=O) groups is 1. The number of alkyl halides is 2. The number of aryl methyl sites for hydroxylation is 2. The summed E-state index contributed by atoms with van der Waals surface area (Å²) in [5.41, 5.74) is 0.973. The number of nitrogens with one attached hydrogen (secondary N) is 2. The fourth-order valence-electron chi connectivity index (χ4n) is 1.53. The second-order valence-corrected chi connectivity index (χ2v) is 4.08. The molecule has 0 saturated carbocycles. The van der Waals surface area contributed by atoms with Crippen LogP contribution in [-0.2, 0) is 7.05 Å². The number of aromatic nitrogens is 4. The zero-order valence-corrected chi connectivity index (χ0v) is 10.9. The first kappa shape index (κ1) is 14.0. The first-order chi connectivity index (χ1) is 9.45. The number of amides is 1. The molecule has 2 rings (SSSR count). The molecule has 2 N–H and O–H groups in total.